The highest BCUT2D eigenvalue weighted by Gasteiger charge is 2.42. The Labute approximate surface area is 115 Å². The first-order valence-electron chi connectivity index (χ1n) is 7.24. The van der Waals surface area contributed by atoms with Crippen LogP contribution in [0.1, 0.15) is 51.1 Å². The van der Waals surface area contributed by atoms with Gasteiger partial charge in [-0.05, 0) is 38.8 Å². The summed E-state index contributed by atoms with van der Waals surface area (Å²) in [7, 11) is 0. The Bertz CT molecular complexity index is 371. The molecular weight excluding hydrogens is 238 g/mol. The third-order valence-corrected chi connectivity index (χ3v) is 4.58. The zero-order valence-electron chi connectivity index (χ0n) is 12.0. The van der Waals surface area contributed by atoms with Crippen molar-refractivity contribution in [1.29, 1.82) is 0 Å². The van der Waals surface area contributed by atoms with Crippen LogP contribution in [0.3, 0.4) is 0 Å². The highest BCUT2D eigenvalue weighted by Crippen LogP contribution is 2.38. The van der Waals surface area contributed by atoms with Gasteiger partial charge in [0.2, 0.25) is 0 Å². The number of nitrogens with zero attached hydrogens (tertiary/aromatic N) is 3. The zero-order chi connectivity index (χ0) is 13.7. The van der Waals surface area contributed by atoms with Crippen LogP contribution in [0, 0.1) is 0 Å². The number of aromatic nitrogens is 2. The Hall–Kier alpha value is -1.04. The summed E-state index contributed by atoms with van der Waals surface area (Å²) in [6.07, 6.45) is 9.99. The van der Waals surface area contributed by atoms with Crippen LogP contribution in [-0.4, -0.2) is 33.5 Å². The molecule has 1 aromatic heterocycles. The van der Waals surface area contributed by atoms with Crippen molar-refractivity contribution in [2.24, 2.45) is 5.84 Å². The molecule has 2 rings (SSSR count). The summed E-state index contributed by atoms with van der Waals surface area (Å²) in [6, 6.07) is 0.0711. The van der Waals surface area contributed by atoms with Gasteiger partial charge >= 0.3 is 0 Å². The van der Waals surface area contributed by atoms with Gasteiger partial charge in [-0.1, -0.05) is 13.8 Å². The van der Waals surface area contributed by atoms with E-state index in [1.54, 1.807) is 6.33 Å². The van der Waals surface area contributed by atoms with Crippen LogP contribution in [0.25, 0.3) is 0 Å². The lowest BCUT2D eigenvalue weighted by molar-refractivity contribution is 0.0614. The van der Waals surface area contributed by atoms with Crippen molar-refractivity contribution in [3.05, 3.63) is 24.3 Å². The fraction of sp³-hybridized carbons (Fsp3) is 0.714. The fourth-order valence-corrected chi connectivity index (χ4v) is 3.47. The Morgan fingerprint density at radius 3 is 2.32 bits per heavy atom. The average molecular weight is 263 g/mol. The van der Waals surface area contributed by atoms with Gasteiger partial charge in [0.05, 0.1) is 6.04 Å². The largest absolute Gasteiger partial charge is 0.296 e. The number of rotatable bonds is 6. The van der Waals surface area contributed by atoms with Crippen molar-refractivity contribution in [2.45, 2.75) is 51.1 Å². The van der Waals surface area contributed by atoms with E-state index in [0.717, 1.165) is 31.5 Å². The van der Waals surface area contributed by atoms with Crippen LogP contribution in [0.5, 0.6) is 0 Å². The predicted octanol–water partition coefficient (Wildman–Crippen LogP) is 1.64. The summed E-state index contributed by atoms with van der Waals surface area (Å²) in [5, 5.41) is 0. The van der Waals surface area contributed by atoms with Gasteiger partial charge in [0.25, 0.3) is 0 Å². The van der Waals surface area contributed by atoms with E-state index in [1.807, 2.05) is 12.4 Å². The SMILES string of the molecule is CCC(CC)(C(NN)c1cncnc1)N1CCCC1. The maximum absolute atomic E-state index is 5.88. The molecule has 1 aliphatic rings. The highest BCUT2D eigenvalue weighted by molar-refractivity contribution is 5.17. The number of hydrogen-bond acceptors (Lipinski definition) is 5. The topological polar surface area (TPSA) is 67.1 Å². The number of nitrogens with one attached hydrogen (secondary N) is 1. The molecule has 5 heteroatoms. The van der Waals surface area contributed by atoms with E-state index in [1.165, 1.54) is 12.8 Å². The lowest BCUT2D eigenvalue weighted by Crippen LogP contribution is -2.56. The molecule has 0 saturated carbocycles. The smallest absolute Gasteiger partial charge is 0.115 e. The van der Waals surface area contributed by atoms with Gasteiger partial charge in [0.1, 0.15) is 6.33 Å². The van der Waals surface area contributed by atoms with Crippen molar-refractivity contribution in [2.75, 3.05) is 13.1 Å². The monoisotopic (exact) mass is 263 g/mol. The van der Waals surface area contributed by atoms with E-state index in [2.05, 4.69) is 34.1 Å². The molecule has 106 valence electrons. The molecule has 1 aromatic rings. The van der Waals surface area contributed by atoms with Gasteiger partial charge in [0.15, 0.2) is 0 Å². The minimum atomic E-state index is 0.0516. The van der Waals surface area contributed by atoms with E-state index in [0.29, 0.717) is 0 Å². The van der Waals surface area contributed by atoms with Crippen molar-refractivity contribution in [1.82, 2.24) is 20.3 Å². The zero-order valence-corrected chi connectivity index (χ0v) is 12.0. The van der Waals surface area contributed by atoms with Crippen molar-refractivity contribution >= 4 is 0 Å². The molecule has 3 N–H and O–H groups in total. The summed E-state index contributed by atoms with van der Waals surface area (Å²) in [6.45, 7) is 6.81. The molecule has 0 bridgehead atoms. The number of likely N-dealkylation sites (tertiary alicyclic amines) is 1. The Morgan fingerprint density at radius 1 is 1.26 bits per heavy atom. The van der Waals surface area contributed by atoms with Crippen LogP contribution in [-0.2, 0) is 0 Å². The van der Waals surface area contributed by atoms with Crippen LogP contribution >= 0.6 is 0 Å². The first-order valence-corrected chi connectivity index (χ1v) is 7.24. The van der Waals surface area contributed by atoms with Gasteiger partial charge in [0, 0.05) is 23.5 Å². The molecule has 2 heterocycles. The minimum Gasteiger partial charge on any atom is -0.296 e. The Kier molecular flexibility index (Phi) is 4.85. The highest BCUT2D eigenvalue weighted by atomic mass is 15.3. The quantitative estimate of drug-likeness (QED) is 0.603. The second kappa shape index (κ2) is 6.41. The van der Waals surface area contributed by atoms with Crippen LogP contribution < -0.4 is 11.3 Å². The molecular formula is C14H25N5. The maximum atomic E-state index is 5.88. The number of hydrazine groups is 1. The van der Waals surface area contributed by atoms with E-state index < -0.39 is 0 Å². The van der Waals surface area contributed by atoms with Crippen molar-refractivity contribution < 1.29 is 0 Å². The molecule has 5 nitrogen and oxygen atoms in total. The number of nitrogens with two attached hydrogens (primary N) is 1. The van der Waals surface area contributed by atoms with Crippen molar-refractivity contribution in [3.63, 3.8) is 0 Å². The fourth-order valence-electron chi connectivity index (χ4n) is 3.47. The summed E-state index contributed by atoms with van der Waals surface area (Å²) in [4.78, 5) is 10.9. The molecule has 0 radical (unpaired) electrons. The minimum absolute atomic E-state index is 0.0516. The summed E-state index contributed by atoms with van der Waals surface area (Å²) in [5.41, 5.74) is 4.14. The van der Waals surface area contributed by atoms with Crippen LogP contribution in [0.4, 0.5) is 0 Å². The molecule has 0 spiro atoms. The molecule has 0 aliphatic carbocycles. The first-order chi connectivity index (χ1) is 9.28. The molecule has 1 saturated heterocycles. The third-order valence-electron chi connectivity index (χ3n) is 4.58. The molecule has 0 amide bonds. The van der Waals surface area contributed by atoms with E-state index >= 15 is 0 Å². The Morgan fingerprint density at radius 2 is 1.84 bits per heavy atom. The predicted molar refractivity (Wildman–Crippen MR) is 76.2 cm³/mol. The van der Waals surface area contributed by atoms with E-state index in [9.17, 15) is 0 Å². The van der Waals surface area contributed by atoms with Gasteiger partial charge in [-0.3, -0.25) is 16.2 Å². The summed E-state index contributed by atoms with van der Waals surface area (Å²) < 4.78 is 0. The van der Waals surface area contributed by atoms with Crippen molar-refractivity contribution in [3.8, 4) is 0 Å². The van der Waals surface area contributed by atoms with Gasteiger partial charge < -0.3 is 0 Å². The van der Waals surface area contributed by atoms with Gasteiger partial charge in [-0.2, -0.15) is 0 Å². The first kappa shape index (κ1) is 14.4. The van der Waals surface area contributed by atoms with Gasteiger partial charge in [-0.15, -0.1) is 0 Å². The molecule has 1 unspecified atom stereocenters. The second-order valence-corrected chi connectivity index (χ2v) is 5.28. The number of hydrogen-bond donors (Lipinski definition) is 2. The molecule has 0 aromatic carbocycles. The van der Waals surface area contributed by atoms with Crippen LogP contribution in [0.15, 0.2) is 18.7 Å². The lowest BCUT2D eigenvalue weighted by atomic mass is 9.80. The third kappa shape index (κ3) is 2.63. The standard InChI is InChI=1S/C14H25N5/c1-3-14(4-2,19-7-5-6-8-19)13(18-15)12-9-16-11-17-10-12/h9-11,13,18H,3-8,15H2,1-2H3. The van der Waals surface area contributed by atoms with E-state index in [4.69, 9.17) is 5.84 Å². The molecule has 1 atom stereocenters. The summed E-state index contributed by atoms with van der Waals surface area (Å²) in [5.74, 6) is 5.88. The van der Waals surface area contributed by atoms with Gasteiger partial charge in [-0.25, -0.2) is 9.97 Å². The Balaban J connectivity index is 2.35. The maximum Gasteiger partial charge on any atom is 0.115 e. The average Bonchev–Trinajstić information content (AvgIpc) is 3.00. The summed E-state index contributed by atoms with van der Waals surface area (Å²) >= 11 is 0. The normalized spacial score (nSPS) is 18.7. The molecule has 1 aliphatic heterocycles. The lowest BCUT2D eigenvalue weighted by Gasteiger charge is -2.46. The van der Waals surface area contributed by atoms with E-state index in [-0.39, 0.29) is 11.6 Å². The second-order valence-electron chi connectivity index (χ2n) is 5.28. The molecule has 1 fully saturated rings. The van der Waals surface area contributed by atoms with Crippen LogP contribution in [0.2, 0.25) is 0 Å². The molecule has 19 heavy (non-hydrogen) atoms.